The maximum Gasteiger partial charge on any atom is 0.282 e. The molecule has 0 saturated carbocycles. The van der Waals surface area contributed by atoms with E-state index >= 15 is 0 Å². The average Bonchev–Trinajstić information content (AvgIpc) is 2.82. The zero-order valence-corrected chi connectivity index (χ0v) is 17.4. The molecule has 1 amide bonds. The predicted octanol–water partition coefficient (Wildman–Crippen LogP) is 2.98. The Hall–Kier alpha value is -1.45. The van der Waals surface area contributed by atoms with E-state index in [-0.39, 0.29) is 23.8 Å². The van der Waals surface area contributed by atoms with Gasteiger partial charge in [-0.15, -0.1) is 0 Å². The van der Waals surface area contributed by atoms with E-state index in [1.807, 2.05) is 26.0 Å². The fraction of sp³-hybridized carbons (Fsp3) is 0.526. The summed E-state index contributed by atoms with van der Waals surface area (Å²) in [5.41, 5.74) is 2.03. The zero-order chi connectivity index (χ0) is 19.8. The molecule has 3 rings (SSSR count). The molecule has 0 atom stereocenters. The van der Waals surface area contributed by atoms with Crippen LogP contribution in [0.5, 0.6) is 0 Å². The highest BCUT2D eigenvalue weighted by atomic mass is 79.9. The van der Waals surface area contributed by atoms with Gasteiger partial charge in [0.25, 0.3) is 5.91 Å². The molecule has 0 radical (unpaired) electrons. The second-order valence-electron chi connectivity index (χ2n) is 7.05. The van der Waals surface area contributed by atoms with E-state index in [9.17, 15) is 15.1 Å². The number of aliphatic hydroxyl groups excluding tert-OH is 1. The molecule has 0 aliphatic carbocycles. The van der Waals surface area contributed by atoms with Crippen LogP contribution in [0, 0.1) is 13.8 Å². The number of hydrogen-bond donors (Lipinski definition) is 2. The molecule has 0 unspecified atom stereocenters. The van der Waals surface area contributed by atoms with E-state index in [2.05, 4.69) is 15.9 Å². The van der Waals surface area contributed by atoms with E-state index in [0.717, 1.165) is 15.6 Å². The third-order valence-electron chi connectivity index (χ3n) is 5.39. The van der Waals surface area contributed by atoms with Gasteiger partial charge in [-0.05, 0) is 49.9 Å². The minimum absolute atomic E-state index is 0.00182. The second kappa shape index (κ2) is 7.89. The van der Waals surface area contributed by atoms with E-state index < -0.39 is 5.54 Å². The minimum atomic E-state index is -0.975. The Labute approximate surface area is 167 Å². The molecule has 1 fully saturated rings. The quantitative estimate of drug-likeness (QED) is 0.684. The fourth-order valence-corrected chi connectivity index (χ4v) is 4.30. The lowest BCUT2D eigenvalue weighted by Crippen LogP contribution is -2.54. The van der Waals surface area contributed by atoms with Crippen LogP contribution in [-0.4, -0.2) is 65.3 Å². The van der Waals surface area contributed by atoms with E-state index in [4.69, 9.17) is 9.57 Å². The third-order valence-corrected chi connectivity index (χ3v) is 6.05. The number of ether oxygens (including phenoxy) is 1. The number of aryl methyl sites for hydroxylation is 2. The van der Waals surface area contributed by atoms with Crippen LogP contribution in [-0.2, 0) is 14.4 Å². The monoisotopic (exact) mass is 440 g/mol. The molecule has 0 aromatic heterocycles. The van der Waals surface area contributed by atoms with Gasteiger partial charge in [-0.1, -0.05) is 15.9 Å². The molecule has 7 nitrogen and oxygen atoms in total. The van der Waals surface area contributed by atoms with Gasteiger partial charge in [0.1, 0.15) is 11.3 Å². The Balaban J connectivity index is 2.06. The van der Waals surface area contributed by atoms with Crippen LogP contribution < -0.4 is 0 Å². The number of methoxy groups -OCH3 is 1. The largest absolute Gasteiger partial charge is 0.509 e. The maximum absolute atomic E-state index is 13.3. The molecule has 2 aliphatic rings. The number of amides is 1. The summed E-state index contributed by atoms with van der Waals surface area (Å²) >= 11 is 3.53. The van der Waals surface area contributed by atoms with E-state index in [0.29, 0.717) is 38.1 Å². The molecule has 27 heavy (non-hydrogen) atoms. The lowest BCUT2D eigenvalue weighted by atomic mass is 9.86. The number of rotatable bonds is 5. The summed E-state index contributed by atoms with van der Waals surface area (Å²) in [5.74, 6) is -0.374. The van der Waals surface area contributed by atoms with Gasteiger partial charge in [0.2, 0.25) is 0 Å². The van der Waals surface area contributed by atoms with Crippen LogP contribution in [0.25, 0.3) is 5.57 Å². The van der Waals surface area contributed by atoms with Gasteiger partial charge in [0, 0.05) is 30.2 Å². The topological polar surface area (TPSA) is 82.5 Å². The summed E-state index contributed by atoms with van der Waals surface area (Å²) in [7, 11) is 1.56. The van der Waals surface area contributed by atoms with Crippen molar-refractivity contribution in [2.45, 2.75) is 32.2 Å². The van der Waals surface area contributed by atoms with Crippen LogP contribution in [0.1, 0.15) is 29.5 Å². The van der Waals surface area contributed by atoms with Crippen LogP contribution >= 0.6 is 15.9 Å². The Kier molecular flexibility index (Phi) is 5.93. The van der Waals surface area contributed by atoms with Crippen molar-refractivity contribution in [1.82, 2.24) is 10.1 Å². The lowest BCUT2D eigenvalue weighted by molar-refractivity contribution is -0.231. The standard InChI is InChI=1S/C19H25BrN2O5/c1-12-10-14(15(20)11-13(12)2)16-17(23)19(4-6-21(25)7-5-19)22(18(16)24)27-9-8-26-3/h10-11,23,25H,4-9H2,1-3H3. The average molecular weight is 441 g/mol. The Bertz CT molecular complexity index is 772. The van der Waals surface area contributed by atoms with Crippen molar-refractivity contribution in [3.8, 4) is 0 Å². The zero-order valence-electron chi connectivity index (χ0n) is 15.8. The molecule has 2 heterocycles. The van der Waals surface area contributed by atoms with Gasteiger partial charge in [-0.2, -0.15) is 5.06 Å². The maximum atomic E-state index is 13.3. The number of aliphatic hydroxyl groups is 1. The Morgan fingerprint density at radius 1 is 1.19 bits per heavy atom. The predicted molar refractivity (Wildman–Crippen MR) is 103 cm³/mol. The number of nitrogens with zero attached hydrogens (tertiary/aromatic N) is 2. The van der Waals surface area contributed by atoms with Gasteiger partial charge in [-0.25, -0.2) is 5.06 Å². The van der Waals surface area contributed by atoms with Crippen LogP contribution in [0.3, 0.4) is 0 Å². The number of piperidine rings is 1. The van der Waals surface area contributed by atoms with Crippen molar-refractivity contribution in [3.05, 3.63) is 39.1 Å². The van der Waals surface area contributed by atoms with Crippen molar-refractivity contribution in [2.24, 2.45) is 0 Å². The molecule has 2 aliphatic heterocycles. The highest BCUT2D eigenvalue weighted by Crippen LogP contribution is 2.46. The van der Waals surface area contributed by atoms with Gasteiger partial charge < -0.3 is 15.1 Å². The number of halogens is 1. The van der Waals surface area contributed by atoms with Gasteiger partial charge in [0.05, 0.1) is 18.8 Å². The summed E-state index contributed by atoms with van der Waals surface area (Å²) < 4.78 is 5.77. The number of benzene rings is 1. The Morgan fingerprint density at radius 3 is 2.44 bits per heavy atom. The summed E-state index contributed by atoms with van der Waals surface area (Å²) in [6.07, 6.45) is 0.750. The van der Waals surface area contributed by atoms with Crippen molar-refractivity contribution >= 4 is 27.4 Å². The number of carbonyl (C=O) groups excluding carboxylic acids is 1. The first-order chi connectivity index (χ1) is 12.8. The van der Waals surface area contributed by atoms with Crippen molar-refractivity contribution in [3.63, 3.8) is 0 Å². The minimum Gasteiger partial charge on any atom is -0.509 e. The van der Waals surface area contributed by atoms with Crippen LogP contribution in [0.2, 0.25) is 0 Å². The highest BCUT2D eigenvalue weighted by Gasteiger charge is 2.55. The van der Waals surface area contributed by atoms with Crippen LogP contribution in [0.15, 0.2) is 22.4 Å². The lowest BCUT2D eigenvalue weighted by Gasteiger charge is -2.41. The molecule has 8 heteroatoms. The summed E-state index contributed by atoms with van der Waals surface area (Å²) in [6, 6.07) is 3.84. The molecule has 1 spiro atoms. The van der Waals surface area contributed by atoms with Crippen molar-refractivity contribution in [2.75, 3.05) is 33.4 Å². The third kappa shape index (κ3) is 3.52. The van der Waals surface area contributed by atoms with E-state index in [1.165, 1.54) is 10.1 Å². The van der Waals surface area contributed by atoms with Gasteiger partial charge in [0.15, 0.2) is 0 Å². The second-order valence-corrected chi connectivity index (χ2v) is 7.91. The normalized spacial score (nSPS) is 20.2. The van der Waals surface area contributed by atoms with Gasteiger partial charge >= 0.3 is 0 Å². The smallest absolute Gasteiger partial charge is 0.282 e. The fourth-order valence-electron chi connectivity index (χ4n) is 3.64. The molecular weight excluding hydrogens is 416 g/mol. The number of hydrogen-bond acceptors (Lipinski definition) is 6. The molecule has 148 valence electrons. The highest BCUT2D eigenvalue weighted by molar-refractivity contribution is 9.10. The summed E-state index contributed by atoms with van der Waals surface area (Å²) in [6.45, 7) is 5.16. The number of hydroxylamine groups is 4. The first-order valence-electron chi connectivity index (χ1n) is 8.93. The molecule has 1 saturated heterocycles. The van der Waals surface area contributed by atoms with Crippen molar-refractivity contribution in [1.29, 1.82) is 0 Å². The summed E-state index contributed by atoms with van der Waals surface area (Å²) in [5, 5.41) is 23.4. The first kappa shape index (κ1) is 20.3. The Morgan fingerprint density at radius 2 is 1.81 bits per heavy atom. The SMILES string of the molecule is COCCON1C(=O)C(c2cc(C)c(C)cc2Br)=C(O)C12CCN(O)CC2. The molecule has 1 aromatic rings. The number of carbonyl (C=O) groups is 1. The molecule has 1 aromatic carbocycles. The van der Waals surface area contributed by atoms with E-state index in [1.54, 1.807) is 7.11 Å². The van der Waals surface area contributed by atoms with Crippen molar-refractivity contribution < 1.29 is 24.7 Å². The van der Waals surface area contributed by atoms with Crippen LogP contribution in [0.4, 0.5) is 0 Å². The first-order valence-corrected chi connectivity index (χ1v) is 9.72. The molecule has 2 N–H and O–H groups in total. The molecule has 0 bridgehead atoms. The van der Waals surface area contributed by atoms with Gasteiger partial charge in [-0.3, -0.25) is 9.63 Å². The molecular formula is C19H25BrN2O5. The summed E-state index contributed by atoms with van der Waals surface area (Å²) in [4.78, 5) is 19.0.